The van der Waals surface area contributed by atoms with Crippen molar-refractivity contribution in [3.8, 4) is 0 Å². The van der Waals surface area contributed by atoms with Crippen molar-refractivity contribution in [2.45, 2.75) is 5.50 Å². The summed E-state index contributed by atoms with van der Waals surface area (Å²) < 4.78 is 0. The third-order valence-electron chi connectivity index (χ3n) is 4.19. The molecule has 2 aliphatic rings. The number of hydrogen-bond acceptors (Lipinski definition) is 7. The fourth-order valence-corrected chi connectivity index (χ4v) is 3.88. The lowest BCUT2D eigenvalue weighted by Gasteiger charge is -2.34. The summed E-state index contributed by atoms with van der Waals surface area (Å²) in [6.45, 7) is 5.31. The second-order valence-corrected chi connectivity index (χ2v) is 6.98. The molecule has 0 atom stereocenters. The molecule has 0 radical (unpaired) electrons. The highest BCUT2D eigenvalue weighted by atomic mass is 32.2. The van der Waals surface area contributed by atoms with Crippen molar-refractivity contribution in [3.63, 3.8) is 0 Å². The van der Waals surface area contributed by atoms with Crippen LogP contribution in [0.1, 0.15) is 0 Å². The highest BCUT2D eigenvalue weighted by Gasteiger charge is 2.21. The van der Waals surface area contributed by atoms with E-state index in [0.29, 0.717) is 6.54 Å². The number of anilines is 2. The van der Waals surface area contributed by atoms with Gasteiger partial charge in [0.1, 0.15) is 5.50 Å². The van der Waals surface area contributed by atoms with Crippen molar-refractivity contribution < 1.29 is 4.79 Å². The Morgan fingerprint density at radius 3 is 2.39 bits per heavy atom. The third kappa shape index (κ3) is 4.51. The van der Waals surface area contributed by atoms with Gasteiger partial charge in [0.2, 0.25) is 5.91 Å². The van der Waals surface area contributed by atoms with Crippen LogP contribution in [-0.2, 0) is 4.79 Å². The topological polar surface area (TPSA) is 85.7 Å². The van der Waals surface area contributed by atoms with Gasteiger partial charge >= 0.3 is 0 Å². The maximum atomic E-state index is 11.3. The number of hydrogen-bond donors (Lipinski definition) is 4. The molecule has 2 heterocycles. The van der Waals surface area contributed by atoms with Gasteiger partial charge in [-0.25, -0.2) is 5.84 Å². The zero-order chi connectivity index (χ0) is 16.1. The average Bonchev–Trinajstić information content (AvgIpc) is 2.99. The summed E-state index contributed by atoms with van der Waals surface area (Å²) in [6.07, 6.45) is 0. The molecule has 126 valence electrons. The first kappa shape index (κ1) is 16.4. The molecule has 8 heteroatoms. The van der Waals surface area contributed by atoms with Crippen LogP contribution in [-0.4, -0.2) is 66.2 Å². The molecule has 1 fully saturated rings. The summed E-state index contributed by atoms with van der Waals surface area (Å²) in [5, 5.41) is 6.95. The lowest BCUT2D eigenvalue weighted by molar-refractivity contribution is -0.122. The molecule has 1 aromatic carbocycles. The summed E-state index contributed by atoms with van der Waals surface area (Å²) >= 11 is 1.89. The molecular weight excluding hydrogens is 312 g/mol. The van der Waals surface area contributed by atoms with Gasteiger partial charge in [0, 0.05) is 38.5 Å². The van der Waals surface area contributed by atoms with Crippen molar-refractivity contribution in [2.75, 3.05) is 55.7 Å². The molecule has 0 saturated carbocycles. The van der Waals surface area contributed by atoms with Gasteiger partial charge in [-0.1, -0.05) is 12.1 Å². The number of benzene rings is 1. The van der Waals surface area contributed by atoms with E-state index in [9.17, 15) is 4.79 Å². The predicted molar refractivity (Wildman–Crippen MR) is 95.1 cm³/mol. The van der Waals surface area contributed by atoms with Crippen LogP contribution in [0.25, 0.3) is 0 Å². The van der Waals surface area contributed by atoms with Gasteiger partial charge in [-0.2, -0.15) is 0 Å². The van der Waals surface area contributed by atoms with Crippen molar-refractivity contribution in [2.24, 2.45) is 5.84 Å². The first-order chi connectivity index (χ1) is 11.2. The van der Waals surface area contributed by atoms with Gasteiger partial charge in [0.25, 0.3) is 0 Å². The quantitative estimate of drug-likeness (QED) is 0.334. The first-order valence-corrected chi connectivity index (χ1v) is 8.97. The van der Waals surface area contributed by atoms with Gasteiger partial charge in [-0.3, -0.25) is 20.0 Å². The Kier molecular flexibility index (Phi) is 5.60. The predicted octanol–water partition coefficient (Wildman–Crippen LogP) is 0.148. The van der Waals surface area contributed by atoms with Crippen LogP contribution >= 0.6 is 11.8 Å². The number of piperazine rings is 1. The van der Waals surface area contributed by atoms with Crippen LogP contribution < -0.4 is 21.9 Å². The van der Waals surface area contributed by atoms with E-state index in [1.54, 1.807) is 0 Å². The average molecular weight is 336 g/mol. The molecule has 23 heavy (non-hydrogen) atoms. The maximum Gasteiger partial charge on any atom is 0.248 e. The number of para-hydroxylation sites is 2. The number of amides is 1. The van der Waals surface area contributed by atoms with Crippen LogP contribution in [0.2, 0.25) is 0 Å². The summed E-state index contributed by atoms with van der Waals surface area (Å²) in [5.74, 6) is 6.08. The number of nitrogens with two attached hydrogens (primary N) is 1. The second-order valence-electron chi connectivity index (χ2n) is 5.77. The zero-order valence-electron chi connectivity index (χ0n) is 13.1. The number of rotatable bonds is 6. The number of fused-ring (bicyclic) bond motifs is 1. The van der Waals surface area contributed by atoms with Crippen LogP contribution in [0.3, 0.4) is 0 Å². The molecule has 7 nitrogen and oxygen atoms in total. The van der Waals surface area contributed by atoms with Gasteiger partial charge in [-0.05, 0) is 12.1 Å². The van der Waals surface area contributed by atoms with Gasteiger partial charge in [-0.15, -0.1) is 11.8 Å². The largest absolute Gasteiger partial charge is 0.355 e. The number of carbonyl (C=O) groups is 1. The Bertz CT molecular complexity index is 509. The number of hydrazine groups is 1. The van der Waals surface area contributed by atoms with E-state index in [1.807, 2.05) is 23.9 Å². The standard InChI is InChI=1S/C15H24N6OS/c16-19-14(22)11-21-7-5-20(6-8-21)9-10-23-15-17-12-3-1-2-4-13(12)18-15/h1-4,15,17-18H,5-11,16H2,(H,19,22). The Morgan fingerprint density at radius 2 is 1.78 bits per heavy atom. The summed E-state index contributed by atoms with van der Waals surface area (Å²) in [7, 11) is 0. The number of carbonyl (C=O) groups excluding carboxylic acids is 1. The van der Waals surface area contributed by atoms with Crippen LogP contribution in [0.4, 0.5) is 11.4 Å². The molecule has 5 N–H and O–H groups in total. The molecular formula is C15H24N6OS. The second kappa shape index (κ2) is 7.87. The number of thioether (sulfide) groups is 1. The number of nitrogens with one attached hydrogen (secondary N) is 3. The van der Waals surface area contributed by atoms with E-state index in [1.165, 1.54) is 11.4 Å². The van der Waals surface area contributed by atoms with E-state index < -0.39 is 0 Å². The molecule has 1 saturated heterocycles. The first-order valence-electron chi connectivity index (χ1n) is 7.92. The van der Waals surface area contributed by atoms with E-state index >= 15 is 0 Å². The smallest absolute Gasteiger partial charge is 0.248 e. The molecule has 0 aliphatic carbocycles. The lowest BCUT2D eigenvalue weighted by Crippen LogP contribution is -2.50. The van der Waals surface area contributed by atoms with E-state index in [0.717, 1.165) is 38.5 Å². The van der Waals surface area contributed by atoms with Crippen molar-refractivity contribution in [1.82, 2.24) is 15.2 Å². The van der Waals surface area contributed by atoms with Crippen LogP contribution in [0.5, 0.6) is 0 Å². The minimum Gasteiger partial charge on any atom is -0.355 e. The summed E-state index contributed by atoms with van der Waals surface area (Å²) in [6, 6.07) is 8.29. The summed E-state index contributed by atoms with van der Waals surface area (Å²) in [5.41, 5.74) is 4.79. The molecule has 1 amide bonds. The van der Waals surface area contributed by atoms with Crippen molar-refractivity contribution >= 4 is 29.0 Å². The Hall–Kier alpha value is -1.48. The van der Waals surface area contributed by atoms with Crippen LogP contribution in [0.15, 0.2) is 24.3 Å². The van der Waals surface area contributed by atoms with Crippen molar-refractivity contribution in [3.05, 3.63) is 24.3 Å². The van der Waals surface area contributed by atoms with Crippen LogP contribution in [0, 0.1) is 0 Å². The third-order valence-corrected chi connectivity index (χ3v) is 5.17. The fourth-order valence-electron chi connectivity index (χ4n) is 2.86. The molecule has 0 aromatic heterocycles. The minimum absolute atomic E-state index is 0.119. The highest BCUT2D eigenvalue weighted by molar-refractivity contribution is 8.00. The Balaban J connectivity index is 1.31. The highest BCUT2D eigenvalue weighted by Crippen LogP contribution is 2.31. The maximum absolute atomic E-state index is 11.3. The number of nitrogens with zero attached hydrogens (tertiary/aromatic N) is 2. The van der Waals surface area contributed by atoms with E-state index in [4.69, 9.17) is 5.84 Å². The molecule has 2 aliphatic heterocycles. The molecule has 0 unspecified atom stereocenters. The Morgan fingerprint density at radius 1 is 1.17 bits per heavy atom. The van der Waals surface area contributed by atoms with E-state index in [2.05, 4.69) is 38.0 Å². The SMILES string of the molecule is NNC(=O)CN1CCN(CCSC2Nc3ccccc3N2)CC1. The van der Waals surface area contributed by atoms with Crippen molar-refractivity contribution in [1.29, 1.82) is 0 Å². The van der Waals surface area contributed by atoms with Gasteiger partial charge < -0.3 is 10.6 Å². The molecule has 3 rings (SSSR count). The lowest BCUT2D eigenvalue weighted by atomic mass is 10.3. The minimum atomic E-state index is -0.119. The van der Waals surface area contributed by atoms with Gasteiger partial charge in [0.15, 0.2) is 0 Å². The monoisotopic (exact) mass is 336 g/mol. The normalized spacial score (nSPS) is 19.0. The molecule has 0 bridgehead atoms. The molecule has 0 spiro atoms. The fraction of sp³-hybridized carbons (Fsp3) is 0.533. The van der Waals surface area contributed by atoms with E-state index in [-0.39, 0.29) is 11.4 Å². The van der Waals surface area contributed by atoms with Gasteiger partial charge in [0.05, 0.1) is 17.9 Å². The summed E-state index contributed by atoms with van der Waals surface area (Å²) in [4.78, 5) is 15.9. The molecule has 1 aromatic rings. The zero-order valence-corrected chi connectivity index (χ0v) is 13.9. The Labute approximate surface area is 140 Å².